The number of nitrogens with zero attached hydrogens (tertiary/aromatic N) is 1. The van der Waals surface area contributed by atoms with Gasteiger partial charge < -0.3 is 5.11 Å². The molecule has 0 fully saturated rings. The van der Waals surface area contributed by atoms with Crippen LogP contribution in [0.2, 0.25) is 15.2 Å². The molecule has 2 aromatic rings. The van der Waals surface area contributed by atoms with E-state index >= 15 is 0 Å². The second-order valence-corrected chi connectivity index (χ2v) is 5.34. The van der Waals surface area contributed by atoms with Gasteiger partial charge in [0.1, 0.15) is 17.0 Å². The zero-order valence-electron chi connectivity index (χ0n) is 10.1. The molecule has 0 aliphatic rings. The molecule has 0 bridgehead atoms. The third kappa shape index (κ3) is 3.61. The van der Waals surface area contributed by atoms with Crippen LogP contribution in [0.1, 0.15) is 22.9 Å². The highest BCUT2D eigenvalue weighted by atomic mass is 35.5. The molecule has 112 valence electrons. The molecule has 21 heavy (non-hydrogen) atoms. The summed E-state index contributed by atoms with van der Waals surface area (Å²) in [6, 6.07) is 6.18. The van der Waals surface area contributed by atoms with Gasteiger partial charge in [0.2, 0.25) is 0 Å². The summed E-state index contributed by atoms with van der Waals surface area (Å²) in [5.41, 5.74) is -0.843. The first-order valence-electron chi connectivity index (χ1n) is 5.57. The van der Waals surface area contributed by atoms with E-state index in [9.17, 15) is 18.3 Å². The molecule has 0 spiro atoms. The molecular formula is C13H7Cl3F3NO. The van der Waals surface area contributed by atoms with Crippen LogP contribution in [0, 0.1) is 0 Å². The van der Waals surface area contributed by atoms with Gasteiger partial charge in [-0.25, -0.2) is 4.98 Å². The van der Waals surface area contributed by atoms with Crippen LogP contribution in [-0.2, 0) is 6.18 Å². The van der Waals surface area contributed by atoms with Crippen molar-refractivity contribution in [3.05, 3.63) is 62.4 Å². The minimum Gasteiger partial charge on any atom is -0.383 e. The molecule has 8 heteroatoms. The third-order valence-electron chi connectivity index (χ3n) is 2.72. The maximum absolute atomic E-state index is 12.5. The molecule has 0 saturated heterocycles. The second-order valence-electron chi connectivity index (χ2n) is 4.14. The van der Waals surface area contributed by atoms with E-state index in [1.807, 2.05) is 0 Å². The Morgan fingerprint density at radius 2 is 1.62 bits per heavy atom. The van der Waals surface area contributed by atoms with Crippen molar-refractivity contribution in [3.63, 3.8) is 0 Å². The quantitative estimate of drug-likeness (QED) is 0.756. The molecule has 0 saturated carbocycles. The van der Waals surface area contributed by atoms with Crippen molar-refractivity contribution in [2.24, 2.45) is 0 Å². The van der Waals surface area contributed by atoms with Crippen LogP contribution in [0.5, 0.6) is 0 Å². The molecular weight excluding hydrogens is 350 g/mol. The standard InChI is InChI=1S/C13H7Cl3F3NO/c14-6-1-2-7(9(15)5-6)11(21)8-3-4-10(13(17,18)19)20-12(8)16/h1-5,11,21H. The fraction of sp³-hybridized carbons (Fsp3) is 0.154. The van der Waals surface area contributed by atoms with Crippen LogP contribution in [-0.4, -0.2) is 10.1 Å². The molecule has 0 aliphatic heterocycles. The zero-order chi connectivity index (χ0) is 15.8. The van der Waals surface area contributed by atoms with Crippen molar-refractivity contribution in [1.82, 2.24) is 4.98 Å². The molecule has 0 amide bonds. The van der Waals surface area contributed by atoms with E-state index < -0.39 is 23.1 Å². The van der Waals surface area contributed by atoms with Crippen molar-refractivity contribution < 1.29 is 18.3 Å². The smallest absolute Gasteiger partial charge is 0.383 e. The summed E-state index contributed by atoms with van der Waals surface area (Å²) >= 11 is 17.4. The SMILES string of the molecule is OC(c1ccc(Cl)cc1Cl)c1ccc(C(F)(F)F)nc1Cl. The number of alkyl halides is 3. The number of aromatic nitrogens is 1. The van der Waals surface area contributed by atoms with Gasteiger partial charge in [-0.1, -0.05) is 46.9 Å². The lowest BCUT2D eigenvalue weighted by molar-refractivity contribution is -0.141. The molecule has 1 unspecified atom stereocenters. The number of hydrogen-bond donors (Lipinski definition) is 1. The third-order valence-corrected chi connectivity index (χ3v) is 3.58. The number of hydrogen-bond acceptors (Lipinski definition) is 2. The topological polar surface area (TPSA) is 33.1 Å². The largest absolute Gasteiger partial charge is 0.433 e. The Morgan fingerprint density at radius 1 is 1.00 bits per heavy atom. The summed E-state index contributed by atoms with van der Waals surface area (Å²) in [5.74, 6) is 0. The lowest BCUT2D eigenvalue weighted by Gasteiger charge is -2.15. The number of rotatable bonds is 2. The van der Waals surface area contributed by atoms with E-state index in [-0.39, 0.29) is 16.1 Å². The monoisotopic (exact) mass is 355 g/mol. The van der Waals surface area contributed by atoms with Crippen LogP contribution in [0.4, 0.5) is 13.2 Å². The van der Waals surface area contributed by atoms with Gasteiger partial charge in [-0.15, -0.1) is 0 Å². The van der Waals surface area contributed by atoms with Gasteiger partial charge in [0.15, 0.2) is 0 Å². The summed E-state index contributed by atoms with van der Waals surface area (Å²) in [6.07, 6.45) is -5.91. The molecule has 2 nitrogen and oxygen atoms in total. The minimum absolute atomic E-state index is 0.0221. The number of aliphatic hydroxyl groups is 1. The fourth-order valence-electron chi connectivity index (χ4n) is 1.70. The Labute approximate surface area is 133 Å². The minimum atomic E-state index is -4.61. The van der Waals surface area contributed by atoms with Crippen LogP contribution < -0.4 is 0 Å². The lowest BCUT2D eigenvalue weighted by atomic mass is 10.0. The van der Waals surface area contributed by atoms with Crippen molar-refractivity contribution in [1.29, 1.82) is 0 Å². The Bertz CT molecular complexity index is 676. The van der Waals surface area contributed by atoms with E-state index in [1.54, 1.807) is 0 Å². The van der Waals surface area contributed by atoms with Gasteiger partial charge in [-0.05, 0) is 18.2 Å². The van der Waals surface area contributed by atoms with Crippen LogP contribution >= 0.6 is 34.8 Å². The van der Waals surface area contributed by atoms with Gasteiger partial charge >= 0.3 is 6.18 Å². The highest BCUT2D eigenvalue weighted by molar-refractivity contribution is 6.35. The van der Waals surface area contributed by atoms with E-state index in [0.717, 1.165) is 12.1 Å². The van der Waals surface area contributed by atoms with Crippen molar-refractivity contribution in [2.75, 3.05) is 0 Å². The first-order valence-corrected chi connectivity index (χ1v) is 6.70. The maximum Gasteiger partial charge on any atom is 0.433 e. The molecule has 1 aromatic heterocycles. The van der Waals surface area contributed by atoms with Crippen molar-refractivity contribution >= 4 is 34.8 Å². The van der Waals surface area contributed by atoms with Gasteiger partial charge in [-0.3, -0.25) is 0 Å². The van der Waals surface area contributed by atoms with Crippen molar-refractivity contribution in [3.8, 4) is 0 Å². The number of pyridine rings is 1. The molecule has 1 heterocycles. The summed E-state index contributed by atoms with van der Waals surface area (Å²) in [6.45, 7) is 0. The van der Waals surface area contributed by atoms with Crippen LogP contribution in [0.3, 0.4) is 0 Å². The van der Waals surface area contributed by atoms with Gasteiger partial charge in [-0.2, -0.15) is 13.2 Å². The summed E-state index contributed by atoms with van der Waals surface area (Å²) in [5, 5.41) is 10.3. The van der Waals surface area contributed by atoms with Crippen LogP contribution in [0.25, 0.3) is 0 Å². The molecule has 2 rings (SSSR count). The summed E-state index contributed by atoms with van der Waals surface area (Å²) in [4.78, 5) is 3.25. The molecule has 1 N–H and O–H groups in total. The first-order chi connectivity index (χ1) is 9.70. The van der Waals surface area contributed by atoms with E-state index in [1.165, 1.54) is 18.2 Å². The maximum atomic E-state index is 12.5. The average molecular weight is 357 g/mol. The van der Waals surface area contributed by atoms with E-state index in [4.69, 9.17) is 34.8 Å². The highest BCUT2D eigenvalue weighted by Crippen LogP contribution is 2.35. The van der Waals surface area contributed by atoms with E-state index in [0.29, 0.717) is 5.02 Å². The fourth-order valence-corrected chi connectivity index (χ4v) is 2.47. The number of benzene rings is 1. The molecule has 1 aromatic carbocycles. The second kappa shape index (κ2) is 6.01. The Hall–Kier alpha value is -1.01. The average Bonchev–Trinajstić information content (AvgIpc) is 2.36. The predicted molar refractivity (Wildman–Crippen MR) is 74.8 cm³/mol. The van der Waals surface area contributed by atoms with Gasteiger partial charge in [0.25, 0.3) is 0 Å². The molecule has 0 aliphatic carbocycles. The highest BCUT2D eigenvalue weighted by Gasteiger charge is 2.33. The van der Waals surface area contributed by atoms with E-state index in [2.05, 4.69) is 4.98 Å². The number of aliphatic hydroxyl groups excluding tert-OH is 1. The summed E-state index contributed by atoms with van der Waals surface area (Å²) < 4.78 is 37.5. The molecule has 1 atom stereocenters. The Morgan fingerprint density at radius 3 is 2.14 bits per heavy atom. The normalized spacial score (nSPS) is 13.3. The lowest BCUT2D eigenvalue weighted by Crippen LogP contribution is -2.10. The zero-order valence-corrected chi connectivity index (χ0v) is 12.4. The Balaban J connectivity index is 2.42. The molecule has 0 radical (unpaired) electrons. The summed E-state index contributed by atoms with van der Waals surface area (Å²) in [7, 11) is 0. The van der Waals surface area contributed by atoms with Crippen LogP contribution in [0.15, 0.2) is 30.3 Å². The van der Waals surface area contributed by atoms with Crippen molar-refractivity contribution in [2.45, 2.75) is 12.3 Å². The Kier molecular flexibility index (Phi) is 4.68. The van der Waals surface area contributed by atoms with Gasteiger partial charge in [0.05, 0.1) is 0 Å². The predicted octanol–water partition coefficient (Wildman–Crippen LogP) is 5.14. The first kappa shape index (κ1) is 16.4. The number of halogens is 6. The van der Waals surface area contributed by atoms with Gasteiger partial charge in [0, 0.05) is 21.2 Å².